The van der Waals surface area contributed by atoms with Gasteiger partial charge in [-0.3, -0.25) is 0 Å². The molecule has 0 aliphatic heterocycles. The second-order valence-corrected chi connectivity index (χ2v) is 3.00. The first kappa shape index (κ1) is 9.21. The highest BCUT2D eigenvalue weighted by molar-refractivity contribution is 6.03. The van der Waals surface area contributed by atoms with Crippen LogP contribution < -0.4 is 0 Å². The number of nitriles is 1. The van der Waals surface area contributed by atoms with E-state index in [1.807, 2.05) is 0 Å². The Hall–Kier alpha value is -2.35. The molecular weight excluding hydrogens is 199 g/mol. The summed E-state index contributed by atoms with van der Waals surface area (Å²) in [4.78, 5) is 13.4. The lowest BCUT2D eigenvalue weighted by atomic mass is 10.1. The lowest BCUT2D eigenvalue weighted by molar-refractivity contribution is 0.0699. The summed E-state index contributed by atoms with van der Waals surface area (Å²) in [6, 6.07) is 4.02. The number of aromatic nitrogens is 1. The van der Waals surface area contributed by atoms with Gasteiger partial charge >= 0.3 is 5.97 Å². The van der Waals surface area contributed by atoms with Crippen LogP contribution in [0.1, 0.15) is 15.9 Å². The Balaban J connectivity index is 2.80. The highest BCUT2D eigenvalue weighted by atomic mass is 19.1. The Morgan fingerprint density at radius 3 is 2.87 bits per heavy atom. The fourth-order valence-electron chi connectivity index (χ4n) is 1.41. The van der Waals surface area contributed by atoms with Crippen LogP contribution in [0.2, 0.25) is 0 Å². The van der Waals surface area contributed by atoms with E-state index in [2.05, 4.69) is 4.98 Å². The summed E-state index contributed by atoms with van der Waals surface area (Å²) >= 11 is 0. The van der Waals surface area contributed by atoms with E-state index < -0.39 is 11.8 Å². The van der Waals surface area contributed by atoms with Crippen molar-refractivity contribution in [1.82, 2.24) is 4.98 Å². The van der Waals surface area contributed by atoms with Gasteiger partial charge in [-0.25, -0.2) is 9.18 Å². The zero-order chi connectivity index (χ0) is 11.0. The number of nitrogens with zero attached hydrogens (tertiary/aromatic N) is 1. The van der Waals surface area contributed by atoms with E-state index in [9.17, 15) is 9.18 Å². The van der Waals surface area contributed by atoms with Crippen LogP contribution in [0.3, 0.4) is 0 Å². The van der Waals surface area contributed by atoms with Gasteiger partial charge in [0.15, 0.2) is 0 Å². The number of benzene rings is 1. The first-order valence-electron chi connectivity index (χ1n) is 4.07. The highest BCUT2D eigenvalue weighted by Gasteiger charge is 2.13. The second kappa shape index (κ2) is 3.10. The molecule has 2 aromatic rings. The van der Waals surface area contributed by atoms with Gasteiger partial charge in [0.05, 0.1) is 11.1 Å². The number of fused-ring (bicyclic) bond motifs is 1. The van der Waals surface area contributed by atoms with Crippen molar-refractivity contribution in [1.29, 1.82) is 5.26 Å². The summed E-state index contributed by atoms with van der Waals surface area (Å²) in [5, 5.41) is 17.6. The Labute approximate surface area is 83.6 Å². The van der Waals surface area contributed by atoms with Crippen molar-refractivity contribution in [2.45, 2.75) is 0 Å². The van der Waals surface area contributed by atoms with E-state index in [-0.39, 0.29) is 16.5 Å². The number of aromatic carboxylic acids is 1. The Morgan fingerprint density at radius 1 is 1.53 bits per heavy atom. The molecule has 0 fully saturated rings. The van der Waals surface area contributed by atoms with Gasteiger partial charge in [-0.05, 0) is 12.1 Å². The number of H-pyrrole nitrogens is 1. The van der Waals surface area contributed by atoms with Crippen molar-refractivity contribution in [3.8, 4) is 6.07 Å². The molecule has 0 unspecified atom stereocenters. The molecule has 4 nitrogen and oxygen atoms in total. The van der Waals surface area contributed by atoms with Crippen LogP contribution in [0.4, 0.5) is 4.39 Å². The maximum Gasteiger partial charge on any atom is 0.337 e. The van der Waals surface area contributed by atoms with Crippen LogP contribution in [0.15, 0.2) is 18.3 Å². The van der Waals surface area contributed by atoms with Crippen molar-refractivity contribution >= 4 is 16.9 Å². The molecule has 15 heavy (non-hydrogen) atoms. The molecule has 0 saturated carbocycles. The van der Waals surface area contributed by atoms with Crippen molar-refractivity contribution in [3.05, 3.63) is 35.3 Å². The zero-order valence-electron chi connectivity index (χ0n) is 7.41. The lowest BCUT2D eigenvalue weighted by Gasteiger charge is -1.95. The Kier molecular flexibility index (Phi) is 1.90. The maximum atomic E-state index is 13.2. The fourth-order valence-corrected chi connectivity index (χ4v) is 1.41. The van der Waals surface area contributed by atoms with Crippen LogP contribution >= 0.6 is 0 Å². The van der Waals surface area contributed by atoms with E-state index in [0.29, 0.717) is 5.52 Å². The van der Waals surface area contributed by atoms with Crippen LogP contribution in [0.25, 0.3) is 10.9 Å². The predicted molar refractivity (Wildman–Crippen MR) is 49.9 cm³/mol. The first-order chi connectivity index (χ1) is 7.13. The topological polar surface area (TPSA) is 76.9 Å². The zero-order valence-corrected chi connectivity index (χ0v) is 7.41. The minimum atomic E-state index is -1.13. The summed E-state index contributed by atoms with van der Waals surface area (Å²) in [5.41, 5.74) is 0.319. The molecule has 1 aromatic heterocycles. The molecule has 5 heteroatoms. The van der Waals surface area contributed by atoms with E-state index in [1.165, 1.54) is 12.3 Å². The number of carbonyl (C=O) groups is 1. The normalized spacial score (nSPS) is 10.1. The molecule has 0 aliphatic rings. The van der Waals surface area contributed by atoms with Crippen molar-refractivity contribution in [2.24, 2.45) is 0 Å². The lowest BCUT2D eigenvalue weighted by Crippen LogP contribution is -1.94. The minimum absolute atomic E-state index is 0.00612. The number of nitrogens with one attached hydrogen (secondary N) is 1. The van der Waals surface area contributed by atoms with Gasteiger partial charge in [0.25, 0.3) is 0 Å². The molecule has 0 spiro atoms. The molecular formula is C10H5FN2O2. The van der Waals surface area contributed by atoms with Crippen molar-refractivity contribution < 1.29 is 14.3 Å². The molecule has 1 aromatic carbocycles. The standard InChI is InChI=1S/C10H5FN2O2/c11-8-2-6-7(10(14)15)4-13-9(6)1-5(8)3-12/h1-2,4,13H,(H,14,15). The molecule has 0 amide bonds. The number of aromatic amines is 1. The summed E-state index contributed by atoms with van der Waals surface area (Å²) in [7, 11) is 0. The SMILES string of the molecule is N#Cc1cc2[nH]cc(C(=O)O)c2cc1F. The van der Waals surface area contributed by atoms with E-state index in [4.69, 9.17) is 10.4 Å². The van der Waals surface area contributed by atoms with Gasteiger partial charge in [0.1, 0.15) is 11.9 Å². The number of carboxylic acid groups (broad SMARTS) is 1. The summed E-state index contributed by atoms with van der Waals surface area (Å²) in [6.07, 6.45) is 1.27. The van der Waals surface area contributed by atoms with Gasteiger partial charge in [-0.15, -0.1) is 0 Å². The third-order valence-electron chi connectivity index (χ3n) is 2.12. The van der Waals surface area contributed by atoms with Crippen molar-refractivity contribution in [3.63, 3.8) is 0 Å². The van der Waals surface area contributed by atoms with Gasteiger partial charge in [-0.1, -0.05) is 0 Å². The quantitative estimate of drug-likeness (QED) is 0.744. The number of carboxylic acids is 1. The molecule has 1 heterocycles. The molecule has 0 bridgehead atoms. The number of hydrogen-bond acceptors (Lipinski definition) is 2. The fraction of sp³-hybridized carbons (Fsp3) is 0. The summed E-state index contributed by atoms with van der Waals surface area (Å²) < 4.78 is 13.2. The minimum Gasteiger partial charge on any atom is -0.478 e. The first-order valence-corrected chi connectivity index (χ1v) is 4.07. The average Bonchev–Trinajstić information content (AvgIpc) is 2.59. The number of rotatable bonds is 1. The summed E-state index contributed by atoms with van der Waals surface area (Å²) in [6.45, 7) is 0. The predicted octanol–water partition coefficient (Wildman–Crippen LogP) is 1.88. The monoisotopic (exact) mass is 204 g/mol. The third-order valence-corrected chi connectivity index (χ3v) is 2.12. The van der Waals surface area contributed by atoms with Gasteiger partial charge < -0.3 is 10.1 Å². The molecule has 2 rings (SSSR count). The van der Waals surface area contributed by atoms with E-state index in [0.717, 1.165) is 6.07 Å². The molecule has 2 N–H and O–H groups in total. The molecule has 0 atom stereocenters. The van der Waals surface area contributed by atoms with E-state index >= 15 is 0 Å². The smallest absolute Gasteiger partial charge is 0.337 e. The largest absolute Gasteiger partial charge is 0.478 e. The van der Waals surface area contributed by atoms with Gasteiger partial charge in [0.2, 0.25) is 0 Å². The Morgan fingerprint density at radius 2 is 2.27 bits per heavy atom. The van der Waals surface area contributed by atoms with Crippen molar-refractivity contribution in [2.75, 3.05) is 0 Å². The van der Waals surface area contributed by atoms with Crippen LogP contribution in [-0.2, 0) is 0 Å². The third kappa shape index (κ3) is 1.32. The Bertz CT molecular complexity index is 595. The van der Waals surface area contributed by atoms with Crippen LogP contribution in [0, 0.1) is 17.1 Å². The maximum absolute atomic E-state index is 13.2. The molecule has 0 aliphatic carbocycles. The number of halogens is 1. The van der Waals surface area contributed by atoms with Gasteiger partial charge in [-0.2, -0.15) is 5.26 Å². The average molecular weight is 204 g/mol. The van der Waals surface area contributed by atoms with E-state index in [1.54, 1.807) is 6.07 Å². The number of hydrogen-bond donors (Lipinski definition) is 2. The molecule has 0 radical (unpaired) electrons. The second-order valence-electron chi connectivity index (χ2n) is 3.00. The van der Waals surface area contributed by atoms with Crippen LogP contribution in [0.5, 0.6) is 0 Å². The van der Waals surface area contributed by atoms with Gasteiger partial charge in [0, 0.05) is 17.1 Å². The molecule has 0 saturated heterocycles. The highest BCUT2D eigenvalue weighted by Crippen LogP contribution is 2.21. The molecule has 74 valence electrons. The summed E-state index contributed by atoms with van der Waals surface area (Å²) in [5.74, 6) is -1.85. The van der Waals surface area contributed by atoms with Crippen LogP contribution in [-0.4, -0.2) is 16.1 Å².